The predicted octanol–water partition coefficient (Wildman–Crippen LogP) is 1.63. The highest BCUT2D eigenvalue weighted by Gasteiger charge is 2.20. The van der Waals surface area contributed by atoms with E-state index in [1.54, 1.807) is 24.3 Å². The highest BCUT2D eigenvalue weighted by molar-refractivity contribution is 5.96. The monoisotopic (exact) mass is 429 g/mol. The molecule has 0 radical (unpaired) electrons. The fourth-order valence-electron chi connectivity index (χ4n) is 3.33. The molecule has 0 aliphatic heterocycles. The van der Waals surface area contributed by atoms with Gasteiger partial charge in [-0.15, -0.1) is 0 Å². The molecule has 0 aliphatic rings. The van der Waals surface area contributed by atoms with Crippen LogP contribution in [0.25, 0.3) is 11.0 Å². The molecule has 168 valence electrons. The fraction of sp³-hybridized carbons (Fsp3) is 0.455. The standard InChI is InChI=1S/C22H31N5O4/c1-2-6-15(10-11-18(28)17(23)8-5-12-26-22(24)25)27-20(29)16-13-14-7-3-4-9-19(14)31-21(16)30/h3-4,7,9,13,15,17H,2,5-6,8,10-12,23H2,1H3,(H,27,29)(H4,24,25,26)/t15?,17-/m0/s1. The summed E-state index contributed by atoms with van der Waals surface area (Å²) in [6.45, 7) is 2.47. The third-order valence-corrected chi connectivity index (χ3v) is 5.02. The minimum absolute atomic E-state index is 0.0548. The third-order valence-electron chi connectivity index (χ3n) is 5.02. The Kier molecular flexibility index (Phi) is 9.20. The summed E-state index contributed by atoms with van der Waals surface area (Å²) in [5, 5.41) is 13.3. The van der Waals surface area contributed by atoms with Gasteiger partial charge in [0.05, 0.1) is 6.04 Å². The molecule has 31 heavy (non-hydrogen) atoms. The van der Waals surface area contributed by atoms with Crippen LogP contribution in [0.15, 0.2) is 39.5 Å². The van der Waals surface area contributed by atoms with Crippen molar-refractivity contribution in [1.82, 2.24) is 10.6 Å². The minimum Gasteiger partial charge on any atom is -0.422 e. The van der Waals surface area contributed by atoms with Crippen LogP contribution in [0, 0.1) is 5.41 Å². The average Bonchev–Trinajstić information content (AvgIpc) is 2.74. The van der Waals surface area contributed by atoms with Gasteiger partial charge in [0.25, 0.3) is 5.91 Å². The molecule has 0 fully saturated rings. The molecule has 2 aromatic rings. The van der Waals surface area contributed by atoms with Gasteiger partial charge in [-0.2, -0.15) is 0 Å². The molecule has 2 rings (SSSR count). The topological polar surface area (TPSA) is 164 Å². The molecule has 9 nitrogen and oxygen atoms in total. The second-order valence-electron chi connectivity index (χ2n) is 7.54. The van der Waals surface area contributed by atoms with E-state index in [4.69, 9.17) is 21.3 Å². The van der Waals surface area contributed by atoms with Gasteiger partial charge in [-0.1, -0.05) is 31.5 Å². The fourth-order valence-corrected chi connectivity index (χ4v) is 3.33. The number of nitrogens with one attached hydrogen (secondary N) is 3. The Morgan fingerprint density at radius 2 is 1.94 bits per heavy atom. The molecular weight excluding hydrogens is 398 g/mol. The highest BCUT2D eigenvalue weighted by atomic mass is 16.4. The number of benzene rings is 1. The molecule has 1 aromatic heterocycles. The lowest BCUT2D eigenvalue weighted by Crippen LogP contribution is -2.39. The Labute approximate surface area is 181 Å². The van der Waals surface area contributed by atoms with Crippen molar-refractivity contribution in [2.75, 3.05) is 6.54 Å². The lowest BCUT2D eigenvalue weighted by molar-refractivity contribution is -0.120. The van der Waals surface area contributed by atoms with E-state index in [9.17, 15) is 14.4 Å². The van der Waals surface area contributed by atoms with Crippen LogP contribution in [0.3, 0.4) is 0 Å². The normalized spacial score (nSPS) is 12.8. The number of carbonyl (C=O) groups excluding carboxylic acids is 2. The van der Waals surface area contributed by atoms with Crippen molar-refractivity contribution in [2.24, 2.45) is 11.5 Å². The van der Waals surface area contributed by atoms with E-state index in [0.29, 0.717) is 43.2 Å². The Hall–Kier alpha value is -3.20. The molecule has 0 saturated carbocycles. The Balaban J connectivity index is 1.93. The van der Waals surface area contributed by atoms with Gasteiger partial charge in [0.1, 0.15) is 16.9 Å². The third kappa shape index (κ3) is 7.53. The zero-order valence-corrected chi connectivity index (χ0v) is 17.8. The van der Waals surface area contributed by atoms with Gasteiger partial charge < -0.3 is 26.5 Å². The maximum atomic E-state index is 12.7. The minimum atomic E-state index is -0.691. The van der Waals surface area contributed by atoms with Crippen molar-refractivity contribution in [3.05, 3.63) is 46.3 Å². The van der Waals surface area contributed by atoms with Crippen molar-refractivity contribution in [2.45, 2.75) is 57.5 Å². The molecule has 0 aliphatic carbocycles. The Morgan fingerprint density at radius 1 is 1.19 bits per heavy atom. The smallest absolute Gasteiger partial charge is 0.349 e. The lowest BCUT2D eigenvalue weighted by Gasteiger charge is -2.19. The molecule has 0 saturated heterocycles. The summed E-state index contributed by atoms with van der Waals surface area (Å²) >= 11 is 0. The maximum Gasteiger partial charge on any atom is 0.349 e. The first-order valence-electron chi connectivity index (χ1n) is 10.5. The summed E-state index contributed by atoms with van der Waals surface area (Å²) in [6.07, 6.45) is 3.28. The molecule has 7 N–H and O–H groups in total. The summed E-state index contributed by atoms with van der Waals surface area (Å²) in [6, 6.07) is 7.67. The number of guanidine groups is 1. The van der Waals surface area contributed by atoms with Crippen LogP contribution in [0.1, 0.15) is 55.8 Å². The van der Waals surface area contributed by atoms with Gasteiger partial charge in [0, 0.05) is 24.4 Å². The first kappa shape index (κ1) is 24.1. The summed E-state index contributed by atoms with van der Waals surface area (Å²) in [5.41, 5.74) is 10.8. The summed E-state index contributed by atoms with van der Waals surface area (Å²) in [7, 11) is 0. The van der Waals surface area contributed by atoms with E-state index in [-0.39, 0.29) is 29.8 Å². The molecule has 9 heteroatoms. The quantitative estimate of drug-likeness (QED) is 0.148. The molecule has 1 amide bonds. The number of ketones is 1. The van der Waals surface area contributed by atoms with Crippen LogP contribution < -0.4 is 27.7 Å². The number of Topliss-reactive ketones (excluding diaryl/α,β-unsaturated/α-hetero) is 1. The number of hydrogen-bond acceptors (Lipinski definition) is 6. The number of para-hydroxylation sites is 1. The van der Waals surface area contributed by atoms with E-state index in [0.717, 1.165) is 6.42 Å². The Bertz CT molecular complexity index is 972. The first-order valence-corrected chi connectivity index (χ1v) is 10.5. The van der Waals surface area contributed by atoms with E-state index in [2.05, 4.69) is 10.6 Å². The van der Waals surface area contributed by atoms with Crippen LogP contribution in [-0.4, -0.2) is 36.3 Å². The number of amides is 1. The van der Waals surface area contributed by atoms with Crippen molar-refractivity contribution < 1.29 is 14.0 Å². The zero-order chi connectivity index (χ0) is 22.8. The second kappa shape index (κ2) is 11.8. The van der Waals surface area contributed by atoms with Crippen LogP contribution in [-0.2, 0) is 4.79 Å². The summed E-state index contributed by atoms with van der Waals surface area (Å²) < 4.78 is 5.23. The summed E-state index contributed by atoms with van der Waals surface area (Å²) in [5.74, 6) is -0.702. The van der Waals surface area contributed by atoms with Gasteiger partial charge in [-0.25, -0.2) is 4.79 Å². The maximum absolute atomic E-state index is 12.7. The zero-order valence-electron chi connectivity index (χ0n) is 17.8. The number of fused-ring (bicyclic) bond motifs is 1. The van der Waals surface area contributed by atoms with Crippen molar-refractivity contribution in [1.29, 1.82) is 5.41 Å². The predicted molar refractivity (Wildman–Crippen MR) is 120 cm³/mol. The number of rotatable bonds is 12. The average molecular weight is 430 g/mol. The van der Waals surface area contributed by atoms with Gasteiger partial charge in [0.2, 0.25) is 0 Å². The molecule has 0 spiro atoms. The second-order valence-corrected chi connectivity index (χ2v) is 7.54. The van der Waals surface area contributed by atoms with Gasteiger partial charge in [-0.05, 0) is 37.8 Å². The van der Waals surface area contributed by atoms with Crippen molar-refractivity contribution in [3.63, 3.8) is 0 Å². The van der Waals surface area contributed by atoms with E-state index < -0.39 is 17.6 Å². The number of hydrogen-bond donors (Lipinski definition) is 5. The molecule has 1 aromatic carbocycles. The van der Waals surface area contributed by atoms with E-state index >= 15 is 0 Å². The number of carbonyl (C=O) groups is 2. The van der Waals surface area contributed by atoms with Gasteiger partial charge in [-0.3, -0.25) is 15.0 Å². The first-order chi connectivity index (χ1) is 14.8. The number of nitrogens with two attached hydrogens (primary N) is 2. The molecule has 2 atom stereocenters. The van der Waals surface area contributed by atoms with Crippen LogP contribution >= 0.6 is 0 Å². The molecule has 1 unspecified atom stereocenters. The van der Waals surface area contributed by atoms with Crippen LogP contribution in [0.2, 0.25) is 0 Å². The molecule has 1 heterocycles. The van der Waals surface area contributed by atoms with Gasteiger partial charge >= 0.3 is 5.63 Å². The SMILES string of the molecule is CCCC(CCC(=O)[C@@H](N)CCCNC(=N)N)NC(=O)c1cc2ccccc2oc1=O. The largest absolute Gasteiger partial charge is 0.422 e. The van der Waals surface area contributed by atoms with Crippen molar-refractivity contribution >= 4 is 28.6 Å². The van der Waals surface area contributed by atoms with E-state index in [1.807, 2.05) is 6.92 Å². The molecular formula is C22H31N5O4. The van der Waals surface area contributed by atoms with Gasteiger partial charge in [0.15, 0.2) is 5.96 Å². The highest BCUT2D eigenvalue weighted by Crippen LogP contribution is 2.14. The molecule has 0 bridgehead atoms. The van der Waals surface area contributed by atoms with Crippen molar-refractivity contribution in [3.8, 4) is 0 Å². The van der Waals surface area contributed by atoms with Crippen LogP contribution in [0.4, 0.5) is 0 Å². The lowest BCUT2D eigenvalue weighted by atomic mass is 9.99. The van der Waals surface area contributed by atoms with E-state index in [1.165, 1.54) is 6.07 Å². The summed E-state index contributed by atoms with van der Waals surface area (Å²) in [4.78, 5) is 37.2. The van der Waals surface area contributed by atoms with Crippen LogP contribution in [0.5, 0.6) is 0 Å². The Morgan fingerprint density at radius 3 is 2.65 bits per heavy atom.